The first-order chi connectivity index (χ1) is 6.80. The SMILES string of the molecule is CC(=O)Oc1ccc(S(C)(=O)=O)nc1C. The second-order valence-electron chi connectivity index (χ2n) is 3.10. The maximum atomic E-state index is 11.1. The molecule has 0 fully saturated rings. The number of esters is 1. The molecule has 0 bridgehead atoms. The third-order valence-electron chi connectivity index (χ3n) is 1.65. The van der Waals surface area contributed by atoms with E-state index in [2.05, 4.69) is 4.98 Å². The van der Waals surface area contributed by atoms with Gasteiger partial charge in [0.1, 0.15) is 0 Å². The lowest BCUT2D eigenvalue weighted by Crippen LogP contribution is -2.06. The molecule has 0 atom stereocenters. The van der Waals surface area contributed by atoms with Gasteiger partial charge in [-0.1, -0.05) is 0 Å². The number of rotatable bonds is 2. The number of carbonyl (C=O) groups is 1. The Kier molecular flexibility index (Phi) is 3.09. The number of nitrogens with zero attached hydrogens (tertiary/aromatic N) is 1. The molecule has 0 aromatic carbocycles. The van der Waals surface area contributed by atoms with Gasteiger partial charge >= 0.3 is 5.97 Å². The van der Waals surface area contributed by atoms with Crippen LogP contribution >= 0.6 is 0 Å². The van der Waals surface area contributed by atoms with Crippen molar-refractivity contribution in [1.29, 1.82) is 0 Å². The number of pyridine rings is 1. The van der Waals surface area contributed by atoms with E-state index in [1.807, 2.05) is 0 Å². The largest absolute Gasteiger partial charge is 0.425 e. The lowest BCUT2D eigenvalue weighted by atomic mass is 10.3. The second-order valence-corrected chi connectivity index (χ2v) is 5.06. The summed E-state index contributed by atoms with van der Waals surface area (Å²) in [5, 5.41) is -0.0316. The summed E-state index contributed by atoms with van der Waals surface area (Å²) in [4.78, 5) is 14.5. The maximum Gasteiger partial charge on any atom is 0.308 e. The van der Waals surface area contributed by atoms with Crippen molar-refractivity contribution >= 4 is 15.8 Å². The van der Waals surface area contributed by atoms with E-state index in [0.29, 0.717) is 5.69 Å². The average molecular weight is 229 g/mol. The second kappa shape index (κ2) is 3.98. The van der Waals surface area contributed by atoms with E-state index in [1.54, 1.807) is 6.92 Å². The smallest absolute Gasteiger partial charge is 0.308 e. The molecule has 0 aliphatic carbocycles. The number of aromatic nitrogens is 1. The van der Waals surface area contributed by atoms with Crippen molar-refractivity contribution < 1.29 is 17.9 Å². The van der Waals surface area contributed by atoms with E-state index < -0.39 is 15.8 Å². The van der Waals surface area contributed by atoms with Gasteiger partial charge in [-0.15, -0.1) is 0 Å². The van der Waals surface area contributed by atoms with Gasteiger partial charge in [0.15, 0.2) is 20.6 Å². The van der Waals surface area contributed by atoms with E-state index in [1.165, 1.54) is 19.1 Å². The molecule has 5 nitrogen and oxygen atoms in total. The Morgan fingerprint density at radius 2 is 2.00 bits per heavy atom. The molecule has 0 radical (unpaired) electrons. The molecule has 82 valence electrons. The van der Waals surface area contributed by atoms with Crippen LogP contribution in [0.3, 0.4) is 0 Å². The van der Waals surface area contributed by atoms with Crippen LogP contribution in [0.1, 0.15) is 12.6 Å². The highest BCUT2D eigenvalue weighted by Crippen LogP contribution is 2.18. The summed E-state index contributed by atoms with van der Waals surface area (Å²) >= 11 is 0. The Labute approximate surface area is 88.0 Å². The number of hydrogen-bond acceptors (Lipinski definition) is 5. The molecule has 0 unspecified atom stereocenters. The first-order valence-corrected chi connectivity index (χ1v) is 6.06. The van der Waals surface area contributed by atoms with Crippen molar-refractivity contribution in [1.82, 2.24) is 4.98 Å². The summed E-state index contributed by atoms with van der Waals surface area (Å²) in [6, 6.07) is 2.72. The van der Waals surface area contributed by atoms with Gasteiger partial charge in [-0.2, -0.15) is 0 Å². The predicted molar refractivity (Wildman–Crippen MR) is 53.4 cm³/mol. The molecular formula is C9H11NO4S. The molecule has 1 rings (SSSR count). The molecule has 1 aromatic heterocycles. The van der Waals surface area contributed by atoms with E-state index in [4.69, 9.17) is 4.74 Å². The third-order valence-corrected chi connectivity index (χ3v) is 2.63. The predicted octanol–water partition coefficient (Wildman–Crippen LogP) is 0.719. The average Bonchev–Trinajstić information content (AvgIpc) is 2.05. The fraction of sp³-hybridized carbons (Fsp3) is 0.333. The number of ether oxygens (including phenoxy) is 1. The van der Waals surface area contributed by atoms with Gasteiger partial charge in [-0.3, -0.25) is 4.79 Å². The first kappa shape index (κ1) is 11.6. The molecule has 1 heterocycles. The lowest BCUT2D eigenvalue weighted by molar-refractivity contribution is -0.131. The van der Waals surface area contributed by atoms with Crippen molar-refractivity contribution in [2.24, 2.45) is 0 Å². The Hall–Kier alpha value is -1.43. The highest BCUT2D eigenvalue weighted by molar-refractivity contribution is 7.90. The van der Waals surface area contributed by atoms with Crippen LogP contribution in [0.5, 0.6) is 5.75 Å². The standard InChI is InChI=1S/C9H11NO4S/c1-6-8(14-7(2)11)4-5-9(10-6)15(3,12)13/h4-5H,1-3H3. The van der Waals surface area contributed by atoms with Crippen LogP contribution in [-0.4, -0.2) is 25.6 Å². The van der Waals surface area contributed by atoms with Crippen LogP contribution in [0.25, 0.3) is 0 Å². The number of carbonyl (C=O) groups excluding carboxylic acids is 1. The minimum absolute atomic E-state index is 0.0316. The van der Waals surface area contributed by atoms with Crippen LogP contribution < -0.4 is 4.74 Å². The maximum absolute atomic E-state index is 11.1. The number of sulfone groups is 1. The molecule has 0 aliphatic rings. The van der Waals surface area contributed by atoms with E-state index >= 15 is 0 Å². The molecule has 0 saturated carbocycles. The van der Waals surface area contributed by atoms with Crippen LogP contribution in [0.2, 0.25) is 0 Å². The van der Waals surface area contributed by atoms with Gasteiger partial charge in [0.2, 0.25) is 0 Å². The monoisotopic (exact) mass is 229 g/mol. The van der Waals surface area contributed by atoms with Crippen LogP contribution in [-0.2, 0) is 14.6 Å². The fourth-order valence-corrected chi connectivity index (χ4v) is 1.61. The summed E-state index contributed by atoms with van der Waals surface area (Å²) in [5.41, 5.74) is 0.369. The Bertz CT molecular complexity index is 493. The molecule has 0 amide bonds. The Balaban J connectivity index is 3.15. The molecular weight excluding hydrogens is 218 g/mol. The van der Waals surface area contributed by atoms with Crippen LogP contribution in [0, 0.1) is 6.92 Å². The van der Waals surface area contributed by atoms with Gasteiger partial charge < -0.3 is 4.74 Å². The molecule has 1 aromatic rings. The summed E-state index contributed by atoms with van der Waals surface area (Å²) in [5.74, 6) is -0.193. The topological polar surface area (TPSA) is 73.3 Å². The van der Waals surface area contributed by atoms with Crippen LogP contribution in [0.15, 0.2) is 17.2 Å². The molecule has 6 heteroatoms. The highest BCUT2D eigenvalue weighted by atomic mass is 32.2. The molecule has 0 N–H and O–H groups in total. The lowest BCUT2D eigenvalue weighted by Gasteiger charge is -2.05. The number of hydrogen-bond donors (Lipinski definition) is 0. The van der Waals surface area contributed by atoms with E-state index in [-0.39, 0.29) is 10.8 Å². The summed E-state index contributed by atoms with van der Waals surface area (Å²) < 4.78 is 27.1. The third kappa shape index (κ3) is 3.02. The molecule has 0 spiro atoms. The fourth-order valence-electron chi connectivity index (χ4n) is 0.994. The summed E-state index contributed by atoms with van der Waals surface area (Å²) in [7, 11) is -3.32. The van der Waals surface area contributed by atoms with Crippen molar-refractivity contribution in [3.63, 3.8) is 0 Å². The van der Waals surface area contributed by atoms with Gasteiger partial charge in [0.05, 0.1) is 5.69 Å². The zero-order valence-corrected chi connectivity index (χ0v) is 9.46. The van der Waals surface area contributed by atoms with Crippen LogP contribution in [0.4, 0.5) is 0 Å². The minimum atomic E-state index is -3.32. The van der Waals surface area contributed by atoms with Crippen molar-refractivity contribution in [3.05, 3.63) is 17.8 Å². The zero-order chi connectivity index (χ0) is 11.6. The van der Waals surface area contributed by atoms with Crippen molar-refractivity contribution in [2.45, 2.75) is 18.9 Å². The zero-order valence-electron chi connectivity index (χ0n) is 8.64. The van der Waals surface area contributed by atoms with Gasteiger partial charge in [0.25, 0.3) is 0 Å². The van der Waals surface area contributed by atoms with Gasteiger partial charge in [0, 0.05) is 13.2 Å². The van der Waals surface area contributed by atoms with Crippen molar-refractivity contribution in [3.8, 4) is 5.75 Å². The molecule has 0 aliphatic heterocycles. The van der Waals surface area contributed by atoms with E-state index in [9.17, 15) is 13.2 Å². The summed E-state index contributed by atoms with van der Waals surface area (Å²) in [6.07, 6.45) is 1.07. The molecule has 0 saturated heterocycles. The normalized spacial score (nSPS) is 11.1. The van der Waals surface area contributed by atoms with Gasteiger partial charge in [-0.25, -0.2) is 13.4 Å². The van der Waals surface area contributed by atoms with E-state index in [0.717, 1.165) is 6.26 Å². The molecule has 15 heavy (non-hydrogen) atoms. The van der Waals surface area contributed by atoms with Crippen molar-refractivity contribution in [2.75, 3.05) is 6.26 Å². The quantitative estimate of drug-likeness (QED) is 0.698. The Morgan fingerprint density at radius 3 is 2.40 bits per heavy atom. The highest BCUT2D eigenvalue weighted by Gasteiger charge is 2.12. The number of aryl methyl sites for hydroxylation is 1. The van der Waals surface area contributed by atoms with Gasteiger partial charge in [-0.05, 0) is 19.1 Å². The minimum Gasteiger partial charge on any atom is -0.425 e. The summed E-state index contributed by atoms with van der Waals surface area (Å²) in [6.45, 7) is 2.84. The first-order valence-electron chi connectivity index (χ1n) is 4.17. The Morgan fingerprint density at radius 1 is 1.40 bits per heavy atom.